The molecule has 0 aliphatic carbocycles. The Hall–Kier alpha value is -0.880. The number of hydrogen-bond donors (Lipinski definition) is 0. The lowest BCUT2D eigenvalue weighted by Gasteiger charge is -2.31. The minimum absolute atomic E-state index is 0.534. The van der Waals surface area contributed by atoms with Crippen LogP contribution < -0.4 is 9.80 Å². The normalized spacial score (nSPS) is 13.9. The van der Waals surface area contributed by atoms with Crippen molar-refractivity contribution in [1.82, 2.24) is 0 Å². The van der Waals surface area contributed by atoms with Gasteiger partial charge in [0.05, 0.1) is 6.67 Å². The largest absolute Gasteiger partial charge is 0.352 e. The highest BCUT2D eigenvalue weighted by molar-refractivity contribution is 14.2. The fourth-order valence-electron chi connectivity index (χ4n) is 4.78. The summed E-state index contributed by atoms with van der Waals surface area (Å²) in [6.07, 6.45) is 1.30. The molecule has 2 aromatic rings. The molecule has 1 saturated heterocycles. The molecule has 4 heteroatoms. The highest BCUT2D eigenvalue weighted by Gasteiger charge is 2.29. The molecule has 0 amide bonds. The first-order valence-electron chi connectivity index (χ1n) is 13.1. The number of para-hydroxylation sites is 2. The van der Waals surface area contributed by atoms with E-state index in [4.69, 9.17) is 0 Å². The fourth-order valence-corrected chi connectivity index (χ4v) is 6.26. The number of benzene rings is 2. The van der Waals surface area contributed by atoms with Gasteiger partial charge < -0.3 is 9.80 Å². The molecule has 0 atom stereocenters. The van der Waals surface area contributed by atoms with Gasteiger partial charge in [0.15, 0.2) is 0 Å². The van der Waals surface area contributed by atoms with Crippen LogP contribution in [0.2, 0.25) is 0 Å². The van der Waals surface area contributed by atoms with E-state index in [-0.39, 0.29) is 0 Å². The predicted molar refractivity (Wildman–Crippen MR) is 166 cm³/mol. The molecule has 0 bridgehead atoms. The maximum absolute atomic E-state index is 2.63. The van der Waals surface area contributed by atoms with Crippen LogP contribution in [-0.4, -0.2) is 25.5 Å². The quantitative estimate of drug-likeness (QED) is 0.281. The van der Waals surface area contributed by atoms with Crippen molar-refractivity contribution < 1.29 is 0 Å². The van der Waals surface area contributed by atoms with Crippen LogP contribution in [0.25, 0.3) is 0 Å². The molecule has 2 aromatic carbocycles. The Morgan fingerprint density at radius 1 is 0.676 bits per heavy atom. The Bertz CT molecular complexity index is 767. The van der Waals surface area contributed by atoms with E-state index in [1.165, 1.54) is 45.8 Å². The van der Waals surface area contributed by atoms with Gasteiger partial charge in [0.2, 0.25) is 0 Å². The van der Waals surface area contributed by atoms with E-state index in [0.717, 1.165) is 19.8 Å². The second kappa shape index (κ2) is 14.0. The third-order valence-electron chi connectivity index (χ3n) is 6.58. The highest BCUT2D eigenvalue weighted by atomic mass is 127. The van der Waals surface area contributed by atoms with Crippen LogP contribution in [0.15, 0.2) is 36.4 Å². The van der Waals surface area contributed by atoms with E-state index in [0.29, 0.717) is 23.7 Å². The molecule has 0 unspecified atom stereocenters. The van der Waals surface area contributed by atoms with E-state index in [1.807, 2.05) is 8.93 Å². The Morgan fingerprint density at radius 2 is 1.00 bits per heavy atom. The van der Waals surface area contributed by atoms with Gasteiger partial charge in [0, 0.05) is 30.2 Å². The molecule has 0 aromatic heterocycles. The zero-order valence-corrected chi connectivity index (χ0v) is 26.0. The zero-order valence-electron chi connectivity index (χ0n) is 23.0. The maximum atomic E-state index is 2.63. The van der Waals surface area contributed by atoms with E-state index >= 15 is 0 Å². The number of hydrogen-bond acceptors (Lipinski definition) is 3. The van der Waals surface area contributed by atoms with Crippen LogP contribution in [0, 0.1) is 0 Å². The number of rotatable bonds is 8. The first-order valence-corrected chi connectivity index (χ1v) is 16.7. The summed E-state index contributed by atoms with van der Waals surface area (Å²) in [4.78, 5) is 5.26. The van der Waals surface area contributed by atoms with Crippen LogP contribution in [0.1, 0.15) is 115 Å². The topological polar surface area (TPSA) is 6.48 Å². The molecule has 3 rings (SSSR count). The average Bonchev–Trinajstić information content (AvgIpc) is 3.28. The van der Waals surface area contributed by atoms with Crippen molar-refractivity contribution >= 4 is 41.5 Å². The second-order valence-electron chi connectivity index (χ2n) is 10.7. The molecule has 34 heavy (non-hydrogen) atoms. The van der Waals surface area contributed by atoms with Gasteiger partial charge in [-0.3, -0.25) is 0 Å². The Kier molecular flexibility index (Phi) is 12.1. The van der Waals surface area contributed by atoms with E-state index < -0.39 is 0 Å². The lowest BCUT2D eigenvalue weighted by molar-refractivity contribution is 0.797. The van der Waals surface area contributed by atoms with Crippen LogP contribution >= 0.6 is 30.1 Å². The van der Waals surface area contributed by atoms with Crippen molar-refractivity contribution in [2.75, 3.05) is 35.3 Å². The van der Waals surface area contributed by atoms with E-state index in [9.17, 15) is 0 Å². The summed E-state index contributed by atoms with van der Waals surface area (Å²) in [5, 5.41) is 0. The summed E-state index contributed by atoms with van der Waals surface area (Å²) < 4.78 is 0. The van der Waals surface area contributed by atoms with Gasteiger partial charge >= 0.3 is 0 Å². The summed E-state index contributed by atoms with van der Waals surface area (Å²) in [5.74, 6) is 3.43. The van der Waals surface area contributed by atoms with Gasteiger partial charge in [0.1, 0.15) is 0 Å². The molecule has 1 aliphatic heterocycles. The summed E-state index contributed by atoms with van der Waals surface area (Å²) in [6, 6.07) is 13.8. The lowest BCUT2D eigenvalue weighted by Crippen LogP contribution is -2.28. The minimum atomic E-state index is 0.534. The van der Waals surface area contributed by atoms with Crippen molar-refractivity contribution in [3.63, 3.8) is 0 Å². The average molecular weight is 595 g/mol. The Morgan fingerprint density at radius 3 is 1.21 bits per heavy atom. The van der Waals surface area contributed by atoms with Crippen molar-refractivity contribution in [2.24, 2.45) is 0 Å². The lowest BCUT2D eigenvalue weighted by atomic mass is 9.92. The molecular formula is C30H47IN2S. The van der Waals surface area contributed by atoms with Gasteiger partial charge in [-0.1, -0.05) is 108 Å². The second-order valence-corrected chi connectivity index (χ2v) is 13.2. The number of halogens is 1. The fraction of sp³-hybridized carbons (Fsp3) is 0.600. The van der Waals surface area contributed by atoms with Crippen LogP contribution in [-0.2, 0) is 0 Å². The standard InChI is InChI=1S/C27H40N2.C3H7IS/c1-18(2)22-11-9-12-23(19(3)4)26(22)28-15-16-29(17-28)27-24(20(5)6)13-10-14-25(27)21(7)8;1-2-3-5-4/h9-14,18-21H,15-17H2,1-8H3;2-3H2,1H3. The van der Waals surface area contributed by atoms with Crippen LogP contribution in [0.3, 0.4) is 0 Å². The first kappa shape index (κ1) is 29.4. The molecule has 2 nitrogen and oxygen atoms in total. The summed E-state index contributed by atoms with van der Waals surface area (Å²) in [6.45, 7) is 23.9. The molecule has 190 valence electrons. The SMILES string of the molecule is CC(C)c1cccc(C(C)C)c1N1CCN(c2c(C(C)C)cccc2C(C)C)C1.CCCSI. The van der Waals surface area contributed by atoms with Crippen molar-refractivity contribution in [3.8, 4) is 0 Å². The van der Waals surface area contributed by atoms with E-state index in [1.54, 1.807) is 0 Å². The van der Waals surface area contributed by atoms with Crippen LogP contribution in [0.5, 0.6) is 0 Å². The smallest absolute Gasteiger partial charge is 0.0904 e. The van der Waals surface area contributed by atoms with Gasteiger partial charge in [0.25, 0.3) is 0 Å². The van der Waals surface area contributed by atoms with Gasteiger partial charge in [-0.25, -0.2) is 0 Å². The Balaban J connectivity index is 0.000000739. The molecular weight excluding hydrogens is 547 g/mol. The van der Waals surface area contributed by atoms with Crippen molar-refractivity contribution in [1.29, 1.82) is 0 Å². The third-order valence-corrected chi connectivity index (χ3v) is 8.46. The van der Waals surface area contributed by atoms with Crippen LogP contribution in [0.4, 0.5) is 11.4 Å². The minimum Gasteiger partial charge on any atom is -0.352 e. The number of anilines is 2. The molecule has 0 radical (unpaired) electrons. The zero-order chi connectivity index (χ0) is 25.4. The summed E-state index contributed by atoms with van der Waals surface area (Å²) in [7, 11) is 1.87. The van der Waals surface area contributed by atoms with Gasteiger partial charge in [-0.2, -0.15) is 0 Å². The number of nitrogens with zero attached hydrogens (tertiary/aromatic N) is 2. The maximum Gasteiger partial charge on any atom is 0.0904 e. The van der Waals surface area contributed by atoms with E-state index in [2.05, 4.69) is 130 Å². The summed E-state index contributed by atoms with van der Waals surface area (Å²) >= 11 is 2.30. The Labute approximate surface area is 226 Å². The highest BCUT2D eigenvalue weighted by Crippen LogP contribution is 2.40. The molecule has 1 aliphatic rings. The molecule has 0 spiro atoms. The van der Waals surface area contributed by atoms with Gasteiger partial charge in [-0.05, 0) is 73.6 Å². The molecule has 0 saturated carbocycles. The third kappa shape index (κ3) is 7.32. The molecule has 0 N–H and O–H groups in total. The van der Waals surface area contributed by atoms with Gasteiger partial charge in [-0.15, -0.1) is 0 Å². The molecule has 1 heterocycles. The first-order chi connectivity index (χ1) is 16.1. The van der Waals surface area contributed by atoms with Crippen molar-refractivity contribution in [2.45, 2.75) is 92.4 Å². The van der Waals surface area contributed by atoms with Crippen molar-refractivity contribution in [3.05, 3.63) is 58.7 Å². The monoisotopic (exact) mass is 594 g/mol. The predicted octanol–water partition coefficient (Wildman–Crippen LogP) is 9.94. The summed E-state index contributed by atoms with van der Waals surface area (Å²) in [5.41, 5.74) is 8.90. The molecule has 1 fully saturated rings.